The first kappa shape index (κ1) is 9.84. The van der Waals surface area contributed by atoms with E-state index < -0.39 is 0 Å². The largest absolute Gasteiger partial charge is 0.507 e. The van der Waals surface area contributed by atoms with Crippen LogP contribution in [0.2, 0.25) is 0 Å². The molecule has 0 saturated carbocycles. The van der Waals surface area contributed by atoms with Gasteiger partial charge in [0.2, 0.25) is 0 Å². The molecule has 0 amide bonds. The van der Waals surface area contributed by atoms with Crippen molar-refractivity contribution in [3.05, 3.63) is 58.8 Å². The zero-order valence-corrected chi connectivity index (χ0v) is 9.00. The summed E-state index contributed by atoms with van der Waals surface area (Å²) in [6.07, 6.45) is 6.31. The molecule has 2 rings (SSSR count). The molecule has 0 saturated heterocycles. The Hall–Kier alpha value is -1.70. The van der Waals surface area contributed by atoms with Crippen LogP contribution in [0.15, 0.2) is 58.8 Å². The number of aliphatic hydroxyl groups excluding tert-OH is 1. The molecule has 0 radical (unpaired) electrons. The van der Waals surface area contributed by atoms with Gasteiger partial charge in [-0.1, -0.05) is 18.2 Å². The molecule has 0 aromatic rings. The van der Waals surface area contributed by atoms with Crippen molar-refractivity contribution >= 4 is 0 Å². The third-order valence-corrected chi connectivity index (χ3v) is 2.71. The first-order valence-corrected chi connectivity index (χ1v) is 4.94. The fourth-order valence-electron chi connectivity index (χ4n) is 1.63. The van der Waals surface area contributed by atoms with Gasteiger partial charge in [-0.25, -0.2) is 0 Å². The number of hydrogen-bond donors (Lipinski definition) is 1. The van der Waals surface area contributed by atoms with Gasteiger partial charge >= 0.3 is 0 Å². The van der Waals surface area contributed by atoms with E-state index in [0.717, 1.165) is 12.0 Å². The van der Waals surface area contributed by atoms with E-state index in [1.165, 1.54) is 11.1 Å². The third-order valence-electron chi connectivity index (χ3n) is 2.71. The SMILES string of the molecule is C=C1C=C(O)C2=CCC(C)=C(C)C=C2O1. The van der Waals surface area contributed by atoms with Gasteiger partial charge in [-0.2, -0.15) is 0 Å². The van der Waals surface area contributed by atoms with E-state index in [9.17, 15) is 5.11 Å². The topological polar surface area (TPSA) is 29.5 Å². The summed E-state index contributed by atoms with van der Waals surface area (Å²) in [6.45, 7) is 7.81. The first-order chi connectivity index (χ1) is 7.08. The zero-order valence-electron chi connectivity index (χ0n) is 9.00. The number of hydrogen-bond acceptors (Lipinski definition) is 2. The lowest BCUT2D eigenvalue weighted by molar-refractivity contribution is 0.300. The van der Waals surface area contributed by atoms with Gasteiger partial charge in [-0.3, -0.25) is 0 Å². The number of rotatable bonds is 0. The second-order valence-corrected chi connectivity index (χ2v) is 3.89. The standard InChI is InChI=1S/C13H14O2/c1-8-4-5-11-12(14)7-10(3)15-13(11)6-9(8)2/h5-7,14H,3-4H2,1-2H3. The Morgan fingerprint density at radius 2 is 2.07 bits per heavy atom. The van der Waals surface area contributed by atoms with Crippen LogP contribution in [0.4, 0.5) is 0 Å². The van der Waals surface area contributed by atoms with Gasteiger partial charge in [0, 0.05) is 6.08 Å². The summed E-state index contributed by atoms with van der Waals surface area (Å²) in [5.74, 6) is 1.40. The molecule has 0 aromatic heterocycles. The van der Waals surface area contributed by atoms with Gasteiger partial charge in [0.05, 0.1) is 5.57 Å². The highest BCUT2D eigenvalue weighted by molar-refractivity contribution is 5.51. The summed E-state index contributed by atoms with van der Waals surface area (Å²) in [6, 6.07) is 0. The van der Waals surface area contributed by atoms with Crippen molar-refractivity contribution in [1.29, 1.82) is 0 Å². The molecule has 0 aromatic carbocycles. The molecule has 0 bridgehead atoms. The van der Waals surface area contributed by atoms with Crippen molar-refractivity contribution < 1.29 is 9.84 Å². The highest BCUT2D eigenvalue weighted by atomic mass is 16.5. The fraction of sp³-hybridized carbons (Fsp3) is 0.231. The Balaban J connectivity index is 2.52. The van der Waals surface area contributed by atoms with Gasteiger partial charge in [0.15, 0.2) is 0 Å². The van der Waals surface area contributed by atoms with Crippen molar-refractivity contribution in [3.8, 4) is 0 Å². The molecule has 1 aliphatic carbocycles. The lowest BCUT2D eigenvalue weighted by Gasteiger charge is -2.18. The summed E-state index contributed by atoms with van der Waals surface area (Å²) >= 11 is 0. The van der Waals surface area contributed by atoms with Crippen LogP contribution in [-0.4, -0.2) is 5.11 Å². The monoisotopic (exact) mass is 202 g/mol. The van der Waals surface area contributed by atoms with Gasteiger partial charge in [0.1, 0.15) is 17.3 Å². The molecular weight excluding hydrogens is 188 g/mol. The Bertz CT molecular complexity index is 445. The van der Waals surface area contributed by atoms with Crippen LogP contribution in [0.5, 0.6) is 0 Å². The Morgan fingerprint density at radius 1 is 1.33 bits per heavy atom. The van der Waals surface area contributed by atoms with Crippen LogP contribution in [0.1, 0.15) is 20.3 Å². The quantitative estimate of drug-likeness (QED) is 0.651. The lowest BCUT2D eigenvalue weighted by Crippen LogP contribution is -2.04. The molecule has 1 N–H and O–H groups in total. The lowest BCUT2D eigenvalue weighted by atomic mass is 10.1. The second kappa shape index (κ2) is 3.46. The minimum atomic E-state index is 0.236. The Kier molecular flexibility index (Phi) is 2.27. The predicted molar refractivity (Wildman–Crippen MR) is 60.1 cm³/mol. The van der Waals surface area contributed by atoms with Crippen molar-refractivity contribution in [2.75, 3.05) is 0 Å². The van der Waals surface area contributed by atoms with Crippen LogP contribution in [0, 0.1) is 0 Å². The van der Waals surface area contributed by atoms with Crippen LogP contribution < -0.4 is 0 Å². The normalized spacial score (nSPS) is 20.9. The molecule has 0 unspecified atom stereocenters. The van der Waals surface area contributed by atoms with Gasteiger partial charge in [-0.05, 0) is 31.9 Å². The molecule has 0 fully saturated rings. The summed E-state index contributed by atoms with van der Waals surface area (Å²) in [5.41, 5.74) is 3.23. The Morgan fingerprint density at radius 3 is 2.80 bits per heavy atom. The number of aliphatic hydroxyl groups is 1. The Labute approximate surface area is 89.6 Å². The molecular formula is C13H14O2. The summed E-state index contributed by atoms with van der Waals surface area (Å²) < 4.78 is 5.49. The second-order valence-electron chi connectivity index (χ2n) is 3.89. The highest BCUT2D eigenvalue weighted by Gasteiger charge is 2.20. The van der Waals surface area contributed by atoms with Crippen LogP contribution in [0.25, 0.3) is 0 Å². The molecule has 0 spiro atoms. The smallest absolute Gasteiger partial charge is 0.138 e. The fourth-order valence-corrected chi connectivity index (χ4v) is 1.63. The van der Waals surface area contributed by atoms with E-state index >= 15 is 0 Å². The molecule has 78 valence electrons. The minimum Gasteiger partial charge on any atom is -0.507 e. The van der Waals surface area contributed by atoms with Gasteiger partial charge in [0.25, 0.3) is 0 Å². The molecule has 2 aliphatic rings. The van der Waals surface area contributed by atoms with E-state index in [1.54, 1.807) is 6.08 Å². The van der Waals surface area contributed by atoms with E-state index in [2.05, 4.69) is 13.5 Å². The number of allylic oxidation sites excluding steroid dienone is 5. The van der Waals surface area contributed by atoms with E-state index in [1.807, 2.05) is 19.1 Å². The summed E-state index contributed by atoms with van der Waals surface area (Å²) in [4.78, 5) is 0. The van der Waals surface area contributed by atoms with Gasteiger partial charge < -0.3 is 9.84 Å². The number of fused-ring (bicyclic) bond motifs is 1. The van der Waals surface area contributed by atoms with E-state index in [0.29, 0.717) is 11.5 Å². The van der Waals surface area contributed by atoms with E-state index in [4.69, 9.17) is 4.74 Å². The van der Waals surface area contributed by atoms with Crippen molar-refractivity contribution in [2.45, 2.75) is 20.3 Å². The average Bonchev–Trinajstić information content (AvgIpc) is 2.27. The molecule has 1 aliphatic heterocycles. The average molecular weight is 202 g/mol. The van der Waals surface area contributed by atoms with E-state index in [-0.39, 0.29) is 5.76 Å². The predicted octanol–water partition coefficient (Wildman–Crippen LogP) is 3.52. The van der Waals surface area contributed by atoms with Crippen molar-refractivity contribution in [1.82, 2.24) is 0 Å². The molecule has 1 heterocycles. The van der Waals surface area contributed by atoms with Crippen LogP contribution in [-0.2, 0) is 4.74 Å². The first-order valence-electron chi connectivity index (χ1n) is 4.94. The highest BCUT2D eigenvalue weighted by Crippen LogP contribution is 2.32. The minimum absolute atomic E-state index is 0.236. The summed E-state index contributed by atoms with van der Waals surface area (Å²) in [7, 11) is 0. The van der Waals surface area contributed by atoms with Crippen molar-refractivity contribution in [2.24, 2.45) is 0 Å². The maximum atomic E-state index is 9.76. The third kappa shape index (κ3) is 1.75. The number of ether oxygens (including phenoxy) is 1. The van der Waals surface area contributed by atoms with Crippen LogP contribution >= 0.6 is 0 Å². The maximum absolute atomic E-state index is 9.76. The molecule has 15 heavy (non-hydrogen) atoms. The maximum Gasteiger partial charge on any atom is 0.138 e. The van der Waals surface area contributed by atoms with Gasteiger partial charge in [-0.15, -0.1) is 0 Å². The molecule has 0 atom stereocenters. The molecule has 2 nitrogen and oxygen atoms in total. The zero-order chi connectivity index (χ0) is 11.0. The summed E-state index contributed by atoms with van der Waals surface area (Å²) in [5, 5.41) is 9.76. The molecule has 2 heteroatoms. The van der Waals surface area contributed by atoms with Crippen molar-refractivity contribution in [3.63, 3.8) is 0 Å². The van der Waals surface area contributed by atoms with Crippen LogP contribution in [0.3, 0.4) is 0 Å².